The minimum Gasteiger partial charge on any atom is -0.356 e. The van der Waals surface area contributed by atoms with E-state index in [1.807, 2.05) is 6.92 Å². The van der Waals surface area contributed by atoms with Crippen molar-refractivity contribution in [1.82, 2.24) is 15.6 Å². The Labute approximate surface area is 85.7 Å². The number of rotatable bonds is 3. The van der Waals surface area contributed by atoms with Crippen LogP contribution in [0.4, 0.5) is 0 Å². The van der Waals surface area contributed by atoms with Crippen molar-refractivity contribution in [2.45, 2.75) is 25.8 Å². The first-order valence-electron chi connectivity index (χ1n) is 5.23. The normalized spacial score (nSPS) is 23.9. The molecular formula is C9H21N5. The molecule has 1 aliphatic rings. The van der Waals surface area contributed by atoms with E-state index in [9.17, 15) is 0 Å². The Morgan fingerprint density at radius 1 is 1.64 bits per heavy atom. The van der Waals surface area contributed by atoms with E-state index in [2.05, 4.69) is 27.7 Å². The van der Waals surface area contributed by atoms with Gasteiger partial charge in [0, 0.05) is 12.6 Å². The van der Waals surface area contributed by atoms with Crippen molar-refractivity contribution < 1.29 is 0 Å². The highest BCUT2D eigenvalue weighted by molar-refractivity contribution is 5.79. The van der Waals surface area contributed by atoms with Crippen LogP contribution >= 0.6 is 0 Å². The smallest absolute Gasteiger partial charge is 0.205 e. The standard InChI is InChI=1S/C9H21N5/c1-3-11-9(13-10)12-7-8-5-4-6-14(8)2/h8H,3-7,10H2,1-2H3,(H2,11,12,13). The molecular weight excluding hydrogens is 178 g/mol. The highest BCUT2D eigenvalue weighted by Crippen LogP contribution is 2.14. The number of likely N-dealkylation sites (N-methyl/N-ethyl adjacent to an activating group) is 1. The van der Waals surface area contributed by atoms with Gasteiger partial charge in [-0.05, 0) is 33.4 Å². The van der Waals surface area contributed by atoms with Crippen LogP contribution in [-0.2, 0) is 0 Å². The second kappa shape index (κ2) is 5.82. The van der Waals surface area contributed by atoms with Crippen LogP contribution in [0.2, 0.25) is 0 Å². The summed E-state index contributed by atoms with van der Waals surface area (Å²) in [5.41, 5.74) is 2.56. The fourth-order valence-corrected chi connectivity index (χ4v) is 1.73. The van der Waals surface area contributed by atoms with Crippen LogP contribution in [0.15, 0.2) is 4.99 Å². The van der Waals surface area contributed by atoms with Crippen LogP contribution < -0.4 is 16.6 Å². The molecule has 1 unspecified atom stereocenters. The van der Waals surface area contributed by atoms with E-state index in [0.29, 0.717) is 12.0 Å². The number of nitrogens with one attached hydrogen (secondary N) is 2. The maximum atomic E-state index is 5.32. The molecule has 5 heteroatoms. The predicted molar refractivity (Wildman–Crippen MR) is 59.0 cm³/mol. The monoisotopic (exact) mass is 199 g/mol. The third-order valence-electron chi connectivity index (χ3n) is 2.61. The third kappa shape index (κ3) is 3.16. The molecule has 0 spiro atoms. The van der Waals surface area contributed by atoms with Crippen LogP contribution in [0, 0.1) is 0 Å². The molecule has 0 amide bonds. The van der Waals surface area contributed by atoms with Gasteiger partial charge in [-0.25, -0.2) is 5.84 Å². The molecule has 5 nitrogen and oxygen atoms in total. The van der Waals surface area contributed by atoms with E-state index in [1.54, 1.807) is 0 Å². The van der Waals surface area contributed by atoms with Crippen LogP contribution in [-0.4, -0.2) is 43.6 Å². The maximum absolute atomic E-state index is 5.32. The molecule has 0 radical (unpaired) electrons. The van der Waals surface area contributed by atoms with E-state index in [-0.39, 0.29) is 0 Å². The summed E-state index contributed by atoms with van der Waals surface area (Å²) in [6.07, 6.45) is 2.52. The van der Waals surface area contributed by atoms with Gasteiger partial charge in [0.05, 0.1) is 6.54 Å². The maximum Gasteiger partial charge on any atom is 0.205 e. The molecule has 0 aromatic rings. The van der Waals surface area contributed by atoms with Crippen LogP contribution in [0.3, 0.4) is 0 Å². The van der Waals surface area contributed by atoms with Crippen LogP contribution in [0.25, 0.3) is 0 Å². The Kier molecular flexibility index (Phi) is 4.69. The molecule has 0 aromatic carbocycles. The van der Waals surface area contributed by atoms with Crippen LogP contribution in [0.1, 0.15) is 19.8 Å². The van der Waals surface area contributed by atoms with Gasteiger partial charge in [0.2, 0.25) is 5.96 Å². The van der Waals surface area contributed by atoms with Crippen molar-refractivity contribution >= 4 is 5.96 Å². The molecule has 1 fully saturated rings. The predicted octanol–water partition coefficient (Wildman–Crippen LogP) is -0.491. The summed E-state index contributed by atoms with van der Waals surface area (Å²) < 4.78 is 0. The molecule has 0 saturated carbocycles. The van der Waals surface area contributed by atoms with Crippen molar-refractivity contribution in [3.63, 3.8) is 0 Å². The quantitative estimate of drug-likeness (QED) is 0.248. The zero-order chi connectivity index (χ0) is 10.4. The van der Waals surface area contributed by atoms with E-state index >= 15 is 0 Å². The minimum absolute atomic E-state index is 0.581. The van der Waals surface area contributed by atoms with Gasteiger partial charge in [-0.1, -0.05) is 0 Å². The van der Waals surface area contributed by atoms with Gasteiger partial charge in [-0.2, -0.15) is 0 Å². The highest BCUT2D eigenvalue weighted by atomic mass is 15.3. The Hall–Kier alpha value is -0.810. The molecule has 4 N–H and O–H groups in total. The second-order valence-corrected chi connectivity index (χ2v) is 3.64. The molecule has 0 bridgehead atoms. The van der Waals surface area contributed by atoms with E-state index in [4.69, 9.17) is 5.84 Å². The van der Waals surface area contributed by atoms with Crippen molar-refractivity contribution in [2.75, 3.05) is 26.7 Å². The first-order chi connectivity index (χ1) is 6.77. The van der Waals surface area contributed by atoms with E-state index in [0.717, 1.165) is 13.1 Å². The third-order valence-corrected chi connectivity index (χ3v) is 2.61. The van der Waals surface area contributed by atoms with Gasteiger partial charge < -0.3 is 10.2 Å². The molecule has 0 aromatic heterocycles. The lowest BCUT2D eigenvalue weighted by Gasteiger charge is -2.17. The Morgan fingerprint density at radius 2 is 2.43 bits per heavy atom. The van der Waals surface area contributed by atoms with E-state index in [1.165, 1.54) is 19.4 Å². The van der Waals surface area contributed by atoms with Gasteiger partial charge >= 0.3 is 0 Å². The lowest BCUT2D eigenvalue weighted by Crippen LogP contribution is -2.42. The van der Waals surface area contributed by atoms with Crippen molar-refractivity contribution in [3.05, 3.63) is 0 Å². The first kappa shape index (κ1) is 11.3. The van der Waals surface area contributed by atoms with Gasteiger partial charge in [-0.15, -0.1) is 0 Å². The average molecular weight is 199 g/mol. The number of guanidine groups is 1. The summed E-state index contributed by atoms with van der Waals surface area (Å²) in [6.45, 7) is 4.87. The summed E-state index contributed by atoms with van der Waals surface area (Å²) in [7, 11) is 2.15. The zero-order valence-electron chi connectivity index (χ0n) is 9.08. The number of likely N-dealkylation sites (tertiary alicyclic amines) is 1. The molecule has 82 valence electrons. The van der Waals surface area contributed by atoms with Gasteiger partial charge in [0.15, 0.2) is 0 Å². The van der Waals surface area contributed by atoms with Crippen LogP contribution in [0.5, 0.6) is 0 Å². The molecule has 1 heterocycles. The fraction of sp³-hybridized carbons (Fsp3) is 0.889. The van der Waals surface area contributed by atoms with Crippen molar-refractivity contribution in [2.24, 2.45) is 10.8 Å². The Bertz CT molecular complexity index is 192. The van der Waals surface area contributed by atoms with Gasteiger partial charge in [0.1, 0.15) is 0 Å². The zero-order valence-corrected chi connectivity index (χ0v) is 9.08. The number of nitrogens with two attached hydrogens (primary N) is 1. The Balaban J connectivity index is 2.35. The van der Waals surface area contributed by atoms with Gasteiger partial charge in [-0.3, -0.25) is 10.4 Å². The summed E-state index contributed by atoms with van der Waals surface area (Å²) in [5, 5.41) is 3.07. The fourth-order valence-electron chi connectivity index (χ4n) is 1.73. The van der Waals surface area contributed by atoms with Crippen molar-refractivity contribution in [3.8, 4) is 0 Å². The minimum atomic E-state index is 0.581. The molecule has 1 atom stereocenters. The summed E-state index contributed by atoms with van der Waals surface area (Å²) >= 11 is 0. The van der Waals surface area contributed by atoms with Gasteiger partial charge in [0.25, 0.3) is 0 Å². The molecule has 14 heavy (non-hydrogen) atoms. The molecule has 1 saturated heterocycles. The lowest BCUT2D eigenvalue weighted by molar-refractivity contribution is 0.317. The number of hydrogen-bond donors (Lipinski definition) is 3. The summed E-state index contributed by atoms with van der Waals surface area (Å²) in [4.78, 5) is 6.74. The molecule has 1 rings (SSSR count). The van der Waals surface area contributed by atoms with Crippen molar-refractivity contribution in [1.29, 1.82) is 0 Å². The molecule has 1 aliphatic heterocycles. The summed E-state index contributed by atoms with van der Waals surface area (Å²) in [6, 6.07) is 0.581. The molecule has 0 aliphatic carbocycles. The van der Waals surface area contributed by atoms with E-state index < -0.39 is 0 Å². The largest absolute Gasteiger partial charge is 0.356 e. The highest BCUT2D eigenvalue weighted by Gasteiger charge is 2.19. The average Bonchev–Trinajstić information content (AvgIpc) is 2.59. The first-order valence-corrected chi connectivity index (χ1v) is 5.23. The number of hydrazine groups is 1. The lowest BCUT2D eigenvalue weighted by atomic mass is 10.2. The SMILES string of the molecule is CCNC(=NCC1CCCN1C)NN. The Morgan fingerprint density at radius 3 is 2.93 bits per heavy atom. The topological polar surface area (TPSA) is 65.7 Å². The second-order valence-electron chi connectivity index (χ2n) is 3.64. The number of nitrogens with zero attached hydrogens (tertiary/aromatic N) is 2. The number of hydrogen-bond acceptors (Lipinski definition) is 3. The number of aliphatic imine (C=N–C) groups is 1. The summed E-state index contributed by atoms with van der Waals surface area (Å²) in [5.74, 6) is 6.01.